The minimum absolute atomic E-state index is 0.226. The Morgan fingerprint density at radius 3 is 2.32 bits per heavy atom. The van der Waals surface area contributed by atoms with E-state index in [1.807, 2.05) is 45.0 Å². The van der Waals surface area contributed by atoms with Gasteiger partial charge in [0.1, 0.15) is 0 Å². The van der Waals surface area contributed by atoms with Crippen LogP contribution in [0.5, 0.6) is 0 Å². The number of rotatable bonds is 4. The number of carbonyl (C=O) groups is 1. The van der Waals surface area contributed by atoms with Gasteiger partial charge in [-0.3, -0.25) is 0 Å². The lowest BCUT2D eigenvalue weighted by atomic mass is 9.83. The first-order chi connectivity index (χ1) is 11.8. The van der Waals surface area contributed by atoms with Gasteiger partial charge in [-0.2, -0.15) is 5.26 Å². The SMILES string of the molecule is CC1=C(C(=O)OC(C)C)[C@H](c2ccc(C(C)C)cc2)C(C#N)=C(N)S1. The van der Waals surface area contributed by atoms with Crippen molar-refractivity contribution in [2.24, 2.45) is 5.73 Å². The maximum Gasteiger partial charge on any atom is 0.336 e. The highest BCUT2D eigenvalue weighted by molar-refractivity contribution is 8.06. The summed E-state index contributed by atoms with van der Waals surface area (Å²) in [7, 11) is 0. The van der Waals surface area contributed by atoms with Gasteiger partial charge in [0.05, 0.1) is 34.3 Å². The molecule has 0 saturated carbocycles. The molecule has 0 amide bonds. The van der Waals surface area contributed by atoms with E-state index >= 15 is 0 Å². The second kappa shape index (κ2) is 7.79. The first kappa shape index (κ1) is 19.1. The molecule has 1 atom stereocenters. The number of ether oxygens (including phenoxy) is 1. The van der Waals surface area contributed by atoms with Gasteiger partial charge in [0, 0.05) is 0 Å². The number of thioether (sulfide) groups is 1. The van der Waals surface area contributed by atoms with Crippen molar-refractivity contribution in [1.82, 2.24) is 0 Å². The molecule has 0 unspecified atom stereocenters. The van der Waals surface area contributed by atoms with E-state index in [-0.39, 0.29) is 6.10 Å². The number of carbonyl (C=O) groups excluding carboxylic acids is 1. The molecule has 1 heterocycles. The van der Waals surface area contributed by atoms with E-state index in [2.05, 4.69) is 19.9 Å². The number of benzene rings is 1. The third kappa shape index (κ3) is 4.08. The molecular formula is C20H24N2O2S. The van der Waals surface area contributed by atoms with Crippen molar-refractivity contribution in [3.63, 3.8) is 0 Å². The van der Waals surface area contributed by atoms with E-state index in [9.17, 15) is 10.1 Å². The van der Waals surface area contributed by atoms with Crippen molar-refractivity contribution in [2.45, 2.75) is 52.6 Å². The van der Waals surface area contributed by atoms with E-state index in [1.165, 1.54) is 17.3 Å². The Labute approximate surface area is 153 Å². The summed E-state index contributed by atoms with van der Waals surface area (Å²) in [4.78, 5) is 13.5. The third-order valence-electron chi connectivity index (χ3n) is 4.10. The van der Waals surface area contributed by atoms with Gasteiger partial charge in [-0.05, 0) is 42.7 Å². The summed E-state index contributed by atoms with van der Waals surface area (Å²) in [5.41, 5.74) is 9.07. The number of hydrogen-bond donors (Lipinski definition) is 1. The highest BCUT2D eigenvalue weighted by Gasteiger charge is 2.35. The number of esters is 1. The van der Waals surface area contributed by atoms with Crippen LogP contribution in [-0.2, 0) is 9.53 Å². The van der Waals surface area contributed by atoms with E-state index in [0.29, 0.717) is 22.1 Å². The van der Waals surface area contributed by atoms with Crippen molar-refractivity contribution < 1.29 is 9.53 Å². The molecule has 0 aliphatic carbocycles. The third-order valence-corrected chi connectivity index (χ3v) is 5.07. The molecule has 1 aromatic carbocycles. The summed E-state index contributed by atoms with van der Waals surface area (Å²) in [5, 5.41) is 10.1. The summed E-state index contributed by atoms with van der Waals surface area (Å²) in [5.74, 6) is -0.466. The van der Waals surface area contributed by atoms with Crippen LogP contribution in [0.4, 0.5) is 0 Å². The second-order valence-corrected chi connectivity index (χ2v) is 7.93. The van der Waals surface area contributed by atoms with Crippen LogP contribution in [0.25, 0.3) is 0 Å². The average Bonchev–Trinajstić information content (AvgIpc) is 2.53. The van der Waals surface area contributed by atoms with Gasteiger partial charge < -0.3 is 10.5 Å². The summed E-state index contributed by atoms with van der Waals surface area (Å²) >= 11 is 1.26. The molecule has 2 rings (SSSR count). The lowest BCUT2D eigenvalue weighted by molar-refractivity contribution is -0.142. The minimum Gasteiger partial charge on any atom is -0.460 e. The van der Waals surface area contributed by atoms with Gasteiger partial charge in [-0.1, -0.05) is 49.9 Å². The van der Waals surface area contributed by atoms with Crippen molar-refractivity contribution in [1.29, 1.82) is 5.26 Å². The number of allylic oxidation sites excluding steroid dienone is 2. The molecule has 2 N–H and O–H groups in total. The van der Waals surface area contributed by atoms with Crippen LogP contribution in [-0.4, -0.2) is 12.1 Å². The minimum atomic E-state index is -0.487. The van der Waals surface area contributed by atoms with Crippen molar-refractivity contribution in [2.75, 3.05) is 0 Å². The Kier molecular flexibility index (Phi) is 5.97. The van der Waals surface area contributed by atoms with Crippen LogP contribution in [0.3, 0.4) is 0 Å². The maximum atomic E-state index is 12.7. The van der Waals surface area contributed by atoms with Gasteiger partial charge in [0.15, 0.2) is 0 Å². The predicted octanol–water partition coefficient (Wildman–Crippen LogP) is 4.56. The Hall–Kier alpha value is -2.19. The molecule has 25 heavy (non-hydrogen) atoms. The topological polar surface area (TPSA) is 76.1 Å². The molecule has 1 aromatic rings. The van der Waals surface area contributed by atoms with Crippen LogP contribution >= 0.6 is 11.8 Å². The highest BCUT2D eigenvalue weighted by atomic mass is 32.2. The van der Waals surface area contributed by atoms with E-state index in [1.54, 1.807) is 0 Å². The van der Waals surface area contributed by atoms with Crippen molar-refractivity contribution in [3.8, 4) is 6.07 Å². The number of nitrogens with two attached hydrogens (primary N) is 1. The number of nitriles is 1. The maximum absolute atomic E-state index is 12.7. The largest absolute Gasteiger partial charge is 0.460 e. The Balaban J connectivity index is 2.55. The normalized spacial score (nSPS) is 17.9. The van der Waals surface area contributed by atoms with E-state index in [0.717, 1.165) is 10.5 Å². The molecule has 1 aliphatic heterocycles. The zero-order valence-electron chi connectivity index (χ0n) is 15.3. The van der Waals surface area contributed by atoms with Crippen LogP contribution in [0.15, 0.2) is 45.3 Å². The first-order valence-electron chi connectivity index (χ1n) is 8.35. The summed E-state index contributed by atoms with van der Waals surface area (Å²) in [6.07, 6.45) is -0.226. The lowest BCUT2D eigenvalue weighted by Gasteiger charge is -2.27. The highest BCUT2D eigenvalue weighted by Crippen LogP contribution is 2.45. The number of nitrogens with zero attached hydrogens (tertiary/aromatic N) is 1. The van der Waals surface area contributed by atoms with E-state index in [4.69, 9.17) is 10.5 Å². The zero-order valence-corrected chi connectivity index (χ0v) is 16.1. The van der Waals surface area contributed by atoms with Crippen LogP contribution in [0.2, 0.25) is 0 Å². The Morgan fingerprint density at radius 2 is 1.84 bits per heavy atom. The standard InChI is InChI=1S/C20H24N2O2S/c1-11(2)14-6-8-15(9-7-14)18-16(10-21)19(22)25-13(5)17(18)20(23)24-12(3)4/h6-9,11-12,18H,22H2,1-5H3/t18-/m1/s1. The molecule has 0 radical (unpaired) electrons. The zero-order chi connectivity index (χ0) is 18.7. The summed E-state index contributed by atoms with van der Waals surface area (Å²) < 4.78 is 5.42. The fourth-order valence-corrected chi connectivity index (χ4v) is 3.74. The molecule has 0 fully saturated rings. The Morgan fingerprint density at radius 1 is 1.24 bits per heavy atom. The molecule has 0 saturated heterocycles. The molecule has 5 heteroatoms. The van der Waals surface area contributed by atoms with Crippen molar-refractivity contribution in [3.05, 3.63) is 56.5 Å². The predicted molar refractivity (Wildman–Crippen MR) is 102 cm³/mol. The molecular weight excluding hydrogens is 332 g/mol. The summed E-state index contributed by atoms with van der Waals surface area (Å²) in [6, 6.07) is 10.2. The molecule has 4 nitrogen and oxygen atoms in total. The fraction of sp³-hybridized carbons (Fsp3) is 0.400. The monoisotopic (exact) mass is 356 g/mol. The quantitative estimate of drug-likeness (QED) is 0.800. The van der Waals surface area contributed by atoms with Crippen molar-refractivity contribution >= 4 is 17.7 Å². The van der Waals surface area contributed by atoms with Crippen LogP contribution in [0, 0.1) is 11.3 Å². The average molecular weight is 356 g/mol. The molecule has 0 bridgehead atoms. The smallest absolute Gasteiger partial charge is 0.336 e. The van der Waals surface area contributed by atoms with Gasteiger partial charge in [0.25, 0.3) is 0 Å². The summed E-state index contributed by atoms with van der Waals surface area (Å²) in [6.45, 7) is 9.72. The first-order valence-corrected chi connectivity index (χ1v) is 9.17. The lowest BCUT2D eigenvalue weighted by Crippen LogP contribution is -2.24. The molecule has 132 valence electrons. The molecule has 0 spiro atoms. The molecule has 1 aliphatic rings. The second-order valence-electron chi connectivity index (χ2n) is 6.67. The van der Waals surface area contributed by atoms with Crippen LogP contribution < -0.4 is 5.73 Å². The Bertz CT molecular complexity index is 768. The van der Waals surface area contributed by atoms with Gasteiger partial charge in [-0.15, -0.1) is 0 Å². The van der Waals surface area contributed by atoms with Gasteiger partial charge in [-0.25, -0.2) is 4.79 Å². The van der Waals surface area contributed by atoms with Crippen LogP contribution in [0.1, 0.15) is 57.6 Å². The van der Waals surface area contributed by atoms with Gasteiger partial charge in [0.2, 0.25) is 0 Å². The fourth-order valence-electron chi connectivity index (χ4n) is 2.83. The van der Waals surface area contributed by atoms with E-state index < -0.39 is 11.9 Å². The number of hydrogen-bond acceptors (Lipinski definition) is 5. The molecule has 0 aromatic heterocycles. The van der Waals surface area contributed by atoms with Gasteiger partial charge >= 0.3 is 5.97 Å².